The number of carbonyl (C=O) groups excluding carboxylic acids is 2. The van der Waals surface area contributed by atoms with E-state index < -0.39 is 5.97 Å². The van der Waals surface area contributed by atoms with Gasteiger partial charge in [-0.2, -0.15) is 0 Å². The maximum absolute atomic E-state index is 12.1. The summed E-state index contributed by atoms with van der Waals surface area (Å²) in [5.74, 6) is -0.660. The van der Waals surface area contributed by atoms with Gasteiger partial charge in [0.25, 0.3) is 5.91 Å². The first-order chi connectivity index (χ1) is 9.95. The number of ether oxygens (including phenoxy) is 2. The first kappa shape index (κ1) is 16.2. The summed E-state index contributed by atoms with van der Waals surface area (Å²) in [7, 11) is 0. The highest BCUT2D eigenvalue weighted by Gasteiger charge is 2.26. The average molecular weight is 403 g/mol. The van der Waals surface area contributed by atoms with Crippen LogP contribution in [0.1, 0.15) is 24.2 Å². The van der Waals surface area contributed by atoms with E-state index in [0.717, 1.165) is 3.57 Å². The van der Waals surface area contributed by atoms with Crippen molar-refractivity contribution in [3.8, 4) is 0 Å². The van der Waals surface area contributed by atoms with Gasteiger partial charge in [-0.1, -0.05) is 6.07 Å². The maximum atomic E-state index is 12.1. The minimum Gasteiger partial charge on any atom is -0.452 e. The topological polar surface area (TPSA) is 55.8 Å². The van der Waals surface area contributed by atoms with Crippen molar-refractivity contribution in [1.29, 1.82) is 0 Å². The van der Waals surface area contributed by atoms with E-state index in [-0.39, 0.29) is 24.7 Å². The van der Waals surface area contributed by atoms with Gasteiger partial charge >= 0.3 is 5.97 Å². The number of halogens is 1. The molecule has 0 N–H and O–H groups in total. The molecule has 1 aromatic carbocycles. The fraction of sp³-hybridized carbons (Fsp3) is 0.467. The van der Waals surface area contributed by atoms with Gasteiger partial charge in [-0.25, -0.2) is 4.79 Å². The number of morpholine rings is 1. The molecule has 0 radical (unpaired) electrons. The summed E-state index contributed by atoms with van der Waals surface area (Å²) in [5, 5.41) is 0. The van der Waals surface area contributed by atoms with Gasteiger partial charge < -0.3 is 14.4 Å². The molecule has 2 rings (SSSR count). The van der Waals surface area contributed by atoms with Crippen molar-refractivity contribution < 1.29 is 19.1 Å². The number of hydrogen-bond acceptors (Lipinski definition) is 4. The van der Waals surface area contributed by atoms with E-state index in [2.05, 4.69) is 22.6 Å². The smallest absolute Gasteiger partial charge is 0.338 e. The van der Waals surface area contributed by atoms with Gasteiger partial charge in [-0.15, -0.1) is 0 Å². The van der Waals surface area contributed by atoms with Gasteiger partial charge in [0.1, 0.15) is 0 Å². The monoisotopic (exact) mass is 403 g/mol. The summed E-state index contributed by atoms with van der Waals surface area (Å²) in [4.78, 5) is 25.7. The molecule has 1 aliphatic rings. The van der Waals surface area contributed by atoms with Crippen molar-refractivity contribution in [3.63, 3.8) is 0 Å². The summed E-state index contributed by atoms with van der Waals surface area (Å²) >= 11 is 2.12. The number of carbonyl (C=O) groups is 2. The Kier molecular flexibility index (Phi) is 5.58. The van der Waals surface area contributed by atoms with E-state index in [4.69, 9.17) is 9.47 Å². The fourth-order valence-corrected chi connectivity index (χ4v) is 2.84. The summed E-state index contributed by atoms with van der Waals surface area (Å²) in [6.07, 6.45) is 0.00760. The van der Waals surface area contributed by atoms with Crippen LogP contribution in [0.15, 0.2) is 24.3 Å². The lowest BCUT2D eigenvalue weighted by Gasteiger charge is -2.35. The van der Waals surface area contributed by atoms with Crippen molar-refractivity contribution in [2.45, 2.75) is 26.1 Å². The summed E-state index contributed by atoms with van der Waals surface area (Å²) in [6.45, 7) is 4.68. The molecular formula is C15H18INO4. The molecule has 1 aliphatic heterocycles. The van der Waals surface area contributed by atoms with Crippen LogP contribution in [0.25, 0.3) is 0 Å². The largest absolute Gasteiger partial charge is 0.452 e. The zero-order valence-electron chi connectivity index (χ0n) is 12.0. The van der Waals surface area contributed by atoms with Crippen LogP contribution in [0.4, 0.5) is 0 Å². The van der Waals surface area contributed by atoms with E-state index in [1.54, 1.807) is 23.1 Å². The van der Waals surface area contributed by atoms with Crippen molar-refractivity contribution in [2.24, 2.45) is 0 Å². The van der Waals surface area contributed by atoms with Crippen molar-refractivity contribution in [1.82, 2.24) is 4.90 Å². The quantitative estimate of drug-likeness (QED) is 0.573. The Morgan fingerprint density at radius 3 is 2.62 bits per heavy atom. The first-order valence-electron chi connectivity index (χ1n) is 6.81. The van der Waals surface area contributed by atoms with Crippen LogP contribution >= 0.6 is 22.6 Å². The normalized spacial score (nSPS) is 22.0. The molecule has 0 spiro atoms. The van der Waals surface area contributed by atoms with Crippen molar-refractivity contribution in [3.05, 3.63) is 33.4 Å². The summed E-state index contributed by atoms with van der Waals surface area (Å²) < 4.78 is 11.6. The number of nitrogens with zero attached hydrogens (tertiary/aromatic N) is 1. The number of benzene rings is 1. The Morgan fingerprint density at radius 1 is 1.33 bits per heavy atom. The predicted molar refractivity (Wildman–Crippen MR) is 86.0 cm³/mol. The number of rotatable bonds is 3. The standard InChI is InChI=1S/C15H18INO4/c1-10-7-17(8-11(2)21-10)14(18)9-20-15(19)12-4-3-5-13(16)6-12/h3-6,10-11H,7-9H2,1-2H3. The van der Waals surface area contributed by atoms with Crippen LogP contribution < -0.4 is 0 Å². The van der Waals surface area contributed by atoms with Gasteiger partial charge in [0, 0.05) is 16.7 Å². The van der Waals surface area contributed by atoms with Gasteiger partial charge in [0.2, 0.25) is 0 Å². The second kappa shape index (κ2) is 7.22. The van der Waals surface area contributed by atoms with E-state index in [1.165, 1.54) is 0 Å². The molecule has 21 heavy (non-hydrogen) atoms. The molecular weight excluding hydrogens is 385 g/mol. The van der Waals surface area contributed by atoms with Gasteiger partial charge in [0.05, 0.1) is 17.8 Å². The molecule has 1 saturated heterocycles. The SMILES string of the molecule is CC1CN(C(=O)COC(=O)c2cccc(I)c2)CC(C)O1. The van der Waals surface area contributed by atoms with Crippen LogP contribution in [0.5, 0.6) is 0 Å². The van der Waals surface area contributed by atoms with Crippen LogP contribution in [-0.4, -0.2) is 48.7 Å². The zero-order chi connectivity index (χ0) is 15.4. The Morgan fingerprint density at radius 2 is 2.00 bits per heavy atom. The van der Waals surface area contributed by atoms with E-state index >= 15 is 0 Å². The summed E-state index contributed by atoms with van der Waals surface area (Å²) in [6, 6.07) is 7.07. The molecule has 0 aliphatic carbocycles. The highest BCUT2D eigenvalue weighted by molar-refractivity contribution is 14.1. The minimum absolute atomic E-state index is 0.00380. The van der Waals surface area contributed by atoms with E-state index in [0.29, 0.717) is 18.7 Å². The van der Waals surface area contributed by atoms with Gasteiger partial charge in [-0.3, -0.25) is 4.79 Å². The molecule has 0 aromatic heterocycles. The lowest BCUT2D eigenvalue weighted by atomic mass is 10.2. The van der Waals surface area contributed by atoms with E-state index in [9.17, 15) is 9.59 Å². The average Bonchev–Trinajstić information content (AvgIpc) is 2.43. The Hall–Kier alpha value is -1.15. The molecule has 114 valence electrons. The zero-order valence-corrected chi connectivity index (χ0v) is 14.2. The highest BCUT2D eigenvalue weighted by Crippen LogP contribution is 2.12. The van der Waals surface area contributed by atoms with Crippen LogP contribution in [0.2, 0.25) is 0 Å². The molecule has 1 amide bonds. The Labute approximate surface area is 137 Å². The van der Waals surface area contributed by atoms with Crippen molar-refractivity contribution in [2.75, 3.05) is 19.7 Å². The van der Waals surface area contributed by atoms with Gasteiger partial charge in [0.15, 0.2) is 6.61 Å². The van der Waals surface area contributed by atoms with Crippen molar-refractivity contribution >= 4 is 34.5 Å². The molecule has 0 saturated carbocycles. The molecule has 0 bridgehead atoms. The lowest BCUT2D eigenvalue weighted by Crippen LogP contribution is -2.49. The second-order valence-electron chi connectivity index (χ2n) is 5.14. The molecule has 5 nitrogen and oxygen atoms in total. The Bertz CT molecular complexity index is 524. The fourth-order valence-electron chi connectivity index (χ4n) is 2.30. The minimum atomic E-state index is -0.476. The Balaban J connectivity index is 1.87. The molecule has 6 heteroatoms. The second-order valence-corrected chi connectivity index (χ2v) is 6.39. The molecule has 2 atom stereocenters. The maximum Gasteiger partial charge on any atom is 0.338 e. The first-order valence-corrected chi connectivity index (χ1v) is 7.89. The summed E-state index contributed by atoms with van der Waals surface area (Å²) in [5.41, 5.74) is 0.457. The molecule has 1 aromatic rings. The third-order valence-corrected chi connectivity index (χ3v) is 3.83. The molecule has 2 unspecified atom stereocenters. The lowest BCUT2D eigenvalue weighted by molar-refractivity contribution is -0.146. The van der Waals surface area contributed by atoms with E-state index in [1.807, 2.05) is 19.9 Å². The van der Waals surface area contributed by atoms with Crippen LogP contribution in [-0.2, 0) is 14.3 Å². The van der Waals surface area contributed by atoms with Gasteiger partial charge in [-0.05, 0) is 54.6 Å². The van der Waals surface area contributed by atoms with Crippen LogP contribution in [0, 0.1) is 3.57 Å². The molecule has 1 heterocycles. The third kappa shape index (κ3) is 4.67. The highest BCUT2D eigenvalue weighted by atomic mass is 127. The number of amides is 1. The number of esters is 1. The molecule has 1 fully saturated rings. The van der Waals surface area contributed by atoms with Crippen LogP contribution in [0.3, 0.4) is 0 Å². The third-order valence-electron chi connectivity index (χ3n) is 3.16. The predicted octanol–water partition coefficient (Wildman–Crippen LogP) is 2.08. The number of hydrogen-bond donors (Lipinski definition) is 0.